The fraction of sp³-hybridized carbons (Fsp3) is 0.381. The van der Waals surface area contributed by atoms with Gasteiger partial charge in [-0.25, -0.2) is 9.37 Å². The maximum atomic E-state index is 14.2. The number of carbonyl (C=O) groups is 2. The molecule has 1 fully saturated rings. The number of nitrogens with one attached hydrogen (secondary N) is 1. The molecule has 1 aromatic carbocycles. The number of nitrogens with zero attached hydrogens (tertiary/aromatic N) is 2. The molecule has 2 aliphatic rings. The number of amides is 2. The fourth-order valence-electron chi connectivity index (χ4n) is 3.50. The summed E-state index contributed by atoms with van der Waals surface area (Å²) in [5.74, 6) is -1.96. The molecular weight excluding hydrogens is 402 g/mol. The number of hydrogen-bond acceptors (Lipinski definition) is 3. The molecule has 2 amide bonds. The monoisotopic (exact) mass is 421 g/mol. The second-order valence-electron chi connectivity index (χ2n) is 7.59. The lowest BCUT2D eigenvalue weighted by Gasteiger charge is -2.29. The summed E-state index contributed by atoms with van der Waals surface area (Å²) in [5, 5.41) is 2.83. The van der Waals surface area contributed by atoms with Gasteiger partial charge in [-0.2, -0.15) is 13.2 Å². The van der Waals surface area contributed by atoms with Gasteiger partial charge in [0, 0.05) is 31.7 Å². The van der Waals surface area contributed by atoms with E-state index < -0.39 is 29.0 Å². The molecule has 0 atom stereocenters. The van der Waals surface area contributed by atoms with E-state index in [2.05, 4.69) is 10.3 Å². The van der Waals surface area contributed by atoms with Crippen LogP contribution < -0.4 is 5.32 Å². The van der Waals surface area contributed by atoms with Crippen LogP contribution in [-0.4, -0.2) is 34.8 Å². The van der Waals surface area contributed by atoms with E-state index in [9.17, 15) is 27.2 Å². The van der Waals surface area contributed by atoms with Crippen molar-refractivity contribution >= 4 is 11.8 Å². The Hall–Kier alpha value is -2.97. The van der Waals surface area contributed by atoms with E-state index in [0.717, 1.165) is 25.0 Å². The van der Waals surface area contributed by atoms with Gasteiger partial charge in [-0.05, 0) is 42.5 Å². The molecule has 4 rings (SSSR count). The van der Waals surface area contributed by atoms with E-state index >= 15 is 0 Å². The van der Waals surface area contributed by atoms with E-state index in [1.165, 1.54) is 11.0 Å². The van der Waals surface area contributed by atoms with Crippen molar-refractivity contribution in [2.24, 2.45) is 5.92 Å². The molecular formula is C21H19F4N3O2. The fourth-order valence-corrected chi connectivity index (χ4v) is 3.50. The Morgan fingerprint density at radius 2 is 1.93 bits per heavy atom. The van der Waals surface area contributed by atoms with E-state index in [-0.39, 0.29) is 31.1 Å². The minimum absolute atomic E-state index is 0.00320. The van der Waals surface area contributed by atoms with E-state index in [1.54, 1.807) is 6.07 Å². The number of pyridine rings is 1. The molecule has 1 saturated carbocycles. The normalized spacial score (nSPS) is 16.2. The smallest absolute Gasteiger partial charge is 0.350 e. The summed E-state index contributed by atoms with van der Waals surface area (Å²) in [7, 11) is 0. The molecule has 1 aliphatic carbocycles. The van der Waals surface area contributed by atoms with Crippen molar-refractivity contribution in [1.29, 1.82) is 0 Å². The van der Waals surface area contributed by atoms with E-state index in [1.807, 2.05) is 0 Å². The molecule has 0 saturated heterocycles. The number of halogens is 4. The number of alkyl halides is 3. The van der Waals surface area contributed by atoms with Gasteiger partial charge in [0.2, 0.25) is 0 Å². The molecule has 5 nitrogen and oxygen atoms in total. The van der Waals surface area contributed by atoms with Crippen LogP contribution in [0.15, 0.2) is 30.3 Å². The third kappa shape index (κ3) is 4.15. The Kier molecular flexibility index (Phi) is 5.21. The summed E-state index contributed by atoms with van der Waals surface area (Å²) in [6, 6.07) is 5.63. The highest BCUT2D eigenvalue weighted by Crippen LogP contribution is 2.34. The van der Waals surface area contributed by atoms with Crippen molar-refractivity contribution in [2.75, 3.05) is 13.1 Å². The van der Waals surface area contributed by atoms with Crippen LogP contribution in [0.3, 0.4) is 0 Å². The Bertz CT molecular complexity index is 1000. The molecule has 0 unspecified atom stereocenters. The first-order valence-corrected chi connectivity index (χ1v) is 9.66. The van der Waals surface area contributed by atoms with Crippen molar-refractivity contribution in [1.82, 2.24) is 15.2 Å². The first-order chi connectivity index (χ1) is 14.2. The first-order valence-electron chi connectivity index (χ1n) is 9.66. The molecule has 9 heteroatoms. The van der Waals surface area contributed by atoms with Gasteiger partial charge < -0.3 is 10.2 Å². The summed E-state index contributed by atoms with van der Waals surface area (Å²) in [4.78, 5) is 30.5. The van der Waals surface area contributed by atoms with Gasteiger partial charge in [0.1, 0.15) is 11.5 Å². The third-order valence-electron chi connectivity index (χ3n) is 5.35. The molecule has 30 heavy (non-hydrogen) atoms. The molecule has 2 heterocycles. The molecule has 0 spiro atoms. The molecule has 1 N–H and O–H groups in total. The summed E-state index contributed by atoms with van der Waals surface area (Å²) >= 11 is 0. The highest BCUT2D eigenvalue weighted by Gasteiger charge is 2.38. The standard InChI is InChI=1S/C21H19F4N3O2/c22-15-3-1-2-14(21(23,24)25)18(15)20(30)28-9-8-16-13(11-28)6-7-17(27-16)19(29)26-10-12-4-5-12/h1-3,6-7,12H,4-5,8-11H2,(H,26,29). The second-order valence-corrected chi connectivity index (χ2v) is 7.59. The average molecular weight is 421 g/mol. The van der Waals surface area contributed by atoms with Gasteiger partial charge in [0.05, 0.1) is 11.1 Å². The van der Waals surface area contributed by atoms with Gasteiger partial charge in [-0.15, -0.1) is 0 Å². The lowest BCUT2D eigenvalue weighted by molar-refractivity contribution is -0.138. The van der Waals surface area contributed by atoms with Crippen molar-refractivity contribution in [2.45, 2.75) is 32.0 Å². The first kappa shape index (κ1) is 20.3. The third-order valence-corrected chi connectivity index (χ3v) is 5.35. The lowest BCUT2D eigenvalue weighted by Crippen LogP contribution is -2.38. The number of hydrogen-bond donors (Lipinski definition) is 1. The summed E-state index contributed by atoms with van der Waals surface area (Å²) in [6.45, 7) is 0.693. The zero-order chi connectivity index (χ0) is 21.5. The summed E-state index contributed by atoms with van der Waals surface area (Å²) in [6.07, 6.45) is -2.36. The maximum absolute atomic E-state index is 14.2. The van der Waals surface area contributed by atoms with Gasteiger partial charge >= 0.3 is 6.18 Å². The van der Waals surface area contributed by atoms with E-state index in [4.69, 9.17) is 0 Å². The zero-order valence-electron chi connectivity index (χ0n) is 15.9. The summed E-state index contributed by atoms with van der Waals surface area (Å²) < 4.78 is 53.9. The minimum Gasteiger partial charge on any atom is -0.350 e. The van der Waals surface area contributed by atoms with Gasteiger partial charge in [-0.3, -0.25) is 9.59 Å². The highest BCUT2D eigenvalue weighted by molar-refractivity contribution is 5.96. The van der Waals surface area contributed by atoms with E-state index in [0.29, 0.717) is 29.8 Å². The van der Waals surface area contributed by atoms with Crippen LogP contribution >= 0.6 is 0 Å². The molecule has 1 aliphatic heterocycles. The second kappa shape index (κ2) is 7.70. The van der Waals surface area contributed by atoms with Crippen molar-refractivity contribution < 1.29 is 27.2 Å². The van der Waals surface area contributed by atoms with Crippen LogP contribution in [-0.2, 0) is 19.1 Å². The topological polar surface area (TPSA) is 62.3 Å². The van der Waals surface area contributed by atoms with Crippen molar-refractivity contribution in [3.05, 3.63) is 64.2 Å². The quantitative estimate of drug-likeness (QED) is 0.768. The minimum atomic E-state index is -4.84. The number of rotatable bonds is 4. The van der Waals surface area contributed by atoms with Crippen molar-refractivity contribution in [3.8, 4) is 0 Å². The summed E-state index contributed by atoms with van der Waals surface area (Å²) in [5.41, 5.74) is -0.764. The van der Waals surface area contributed by atoms with Gasteiger partial charge in [0.15, 0.2) is 0 Å². The molecule has 158 valence electrons. The molecule has 1 aromatic heterocycles. The Balaban J connectivity index is 1.52. The Labute approximate surface area is 170 Å². The zero-order valence-corrected chi connectivity index (χ0v) is 15.9. The Morgan fingerprint density at radius 1 is 1.17 bits per heavy atom. The van der Waals surface area contributed by atoms with Crippen LogP contribution in [0.4, 0.5) is 17.6 Å². The maximum Gasteiger partial charge on any atom is 0.417 e. The van der Waals surface area contributed by atoms with Gasteiger partial charge in [0.25, 0.3) is 11.8 Å². The lowest BCUT2D eigenvalue weighted by atomic mass is 10.0. The SMILES string of the molecule is O=C(NCC1CC1)c1ccc2c(n1)CCN(C(=O)c1c(F)cccc1C(F)(F)F)C2. The number of benzene rings is 1. The van der Waals surface area contributed by atoms with Crippen molar-refractivity contribution in [3.63, 3.8) is 0 Å². The largest absolute Gasteiger partial charge is 0.417 e. The highest BCUT2D eigenvalue weighted by atomic mass is 19.4. The van der Waals surface area contributed by atoms with Crippen LogP contribution in [0, 0.1) is 11.7 Å². The number of carbonyl (C=O) groups excluding carboxylic acids is 2. The van der Waals surface area contributed by atoms with Crippen LogP contribution in [0.2, 0.25) is 0 Å². The van der Waals surface area contributed by atoms with Crippen LogP contribution in [0.1, 0.15) is 50.5 Å². The molecule has 0 bridgehead atoms. The molecule has 2 aromatic rings. The van der Waals surface area contributed by atoms with Crippen LogP contribution in [0.5, 0.6) is 0 Å². The number of aromatic nitrogens is 1. The van der Waals surface area contributed by atoms with Crippen LogP contribution in [0.25, 0.3) is 0 Å². The Morgan fingerprint density at radius 3 is 2.63 bits per heavy atom. The van der Waals surface area contributed by atoms with Gasteiger partial charge in [-0.1, -0.05) is 12.1 Å². The number of fused-ring (bicyclic) bond motifs is 1. The molecule has 0 radical (unpaired) electrons. The predicted molar refractivity (Wildman–Crippen MR) is 99.1 cm³/mol. The average Bonchev–Trinajstić information content (AvgIpc) is 3.54. The predicted octanol–water partition coefficient (Wildman–Crippen LogP) is 3.58.